The van der Waals surface area contributed by atoms with E-state index in [0.29, 0.717) is 6.61 Å². The predicted octanol–water partition coefficient (Wildman–Crippen LogP) is 6.35. The minimum atomic E-state index is -0.301. The zero-order valence-corrected chi connectivity index (χ0v) is 17.5. The van der Waals surface area contributed by atoms with Gasteiger partial charge in [0, 0.05) is 0 Å². The summed E-state index contributed by atoms with van der Waals surface area (Å²) in [5.74, 6) is -0.594. The second-order valence-electron chi connectivity index (χ2n) is 7.35. The molecule has 1 atom stereocenters. The number of unbranched alkanes of at least 4 members (excludes halogenated alkanes) is 10. The van der Waals surface area contributed by atoms with Gasteiger partial charge in [-0.1, -0.05) is 84.5 Å². The van der Waals surface area contributed by atoms with Crippen LogP contribution in [0.4, 0.5) is 0 Å². The average Bonchev–Trinajstić information content (AvgIpc) is 2.62. The number of esters is 2. The third-order valence-corrected chi connectivity index (χ3v) is 4.59. The highest BCUT2D eigenvalue weighted by Gasteiger charge is 2.12. The topological polar surface area (TPSA) is 52.6 Å². The van der Waals surface area contributed by atoms with E-state index in [9.17, 15) is 9.59 Å². The van der Waals surface area contributed by atoms with Gasteiger partial charge in [-0.25, -0.2) is 0 Å². The Bertz CT molecular complexity index is 341. The van der Waals surface area contributed by atoms with Crippen molar-refractivity contribution in [1.29, 1.82) is 0 Å². The first-order valence-corrected chi connectivity index (χ1v) is 10.9. The molecule has 0 fully saturated rings. The van der Waals surface area contributed by atoms with Crippen molar-refractivity contribution in [2.24, 2.45) is 0 Å². The molecule has 4 nitrogen and oxygen atoms in total. The molecule has 26 heavy (non-hydrogen) atoms. The summed E-state index contributed by atoms with van der Waals surface area (Å²) in [5.41, 5.74) is 0. The van der Waals surface area contributed by atoms with E-state index >= 15 is 0 Å². The first kappa shape index (κ1) is 24.9. The molecule has 0 aromatic heterocycles. The van der Waals surface area contributed by atoms with Crippen LogP contribution in [0.2, 0.25) is 0 Å². The van der Waals surface area contributed by atoms with E-state index in [2.05, 4.69) is 13.8 Å². The van der Waals surface area contributed by atoms with Gasteiger partial charge in [0.25, 0.3) is 0 Å². The van der Waals surface area contributed by atoms with Crippen LogP contribution in [-0.4, -0.2) is 24.6 Å². The lowest BCUT2D eigenvalue weighted by Gasteiger charge is -2.12. The van der Waals surface area contributed by atoms with Crippen molar-refractivity contribution >= 4 is 11.9 Å². The highest BCUT2D eigenvalue weighted by molar-refractivity contribution is 5.77. The van der Waals surface area contributed by atoms with Gasteiger partial charge >= 0.3 is 11.9 Å². The summed E-state index contributed by atoms with van der Waals surface area (Å²) in [7, 11) is 0. The molecule has 0 heterocycles. The molecular weight excluding hydrogens is 328 g/mol. The molecule has 0 rings (SSSR count). The van der Waals surface area contributed by atoms with Crippen LogP contribution in [0.15, 0.2) is 0 Å². The van der Waals surface area contributed by atoms with Crippen LogP contribution >= 0.6 is 0 Å². The Morgan fingerprint density at radius 1 is 0.692 bits per heavy atom. The molecule has 0 saturated carbocycles. The Morgan fingerprint density at radius 2 is 1.19 bits per heavy atom. The summed E-state index contributed by atoms with van der Waals surface area (Å²) in [6.07, 6.45) is 15.8. The van der Waals surface area contributed by atoms with Crippen molar-refractivity contribution in [2.75, 3.05) is 6.61 Å². The van der Waals surface area contributed by atoms with Crippen LogP contribution in [0.1, 0.15) is 117 Å². The van der Waals surface area contributed by atoms with Crippen LogP contribution in [0.25, 0.3) is 0 Å². The van der Waals surface area contributed by atoms with E-state index in [-0.39, 0.29) is 30.9 Å². The van der Waals surface area contributed by atoms with Crippen molar-refractivity contribution in [3.8, 4) is 0 Å². The van der Waals surface area contributed by atoms with Gasteiger partial charge in [-0.15, -0.1) is 0 Å². The molecule has 0 bridgehead atoms. The first-order chi connectivity index (χ1) is 12.6. The molecule has 154 valence electrons. The van der Waals surface area contributed by atoms with Gasteiger partial charge in [0.1, 0.15) is 0 Å². The molecule has 0 amide bonds. The third kappa shape index (κ3) is 17.8. The predicted molar refractivity (Wildman–Crippen MR) is 107 cm³/mol. The van der Waals surface area contributed by atoms with Crippen LogP contribution in [0, 0.1) is 0 Å². The summed E-state index contributed by atoms with van der Waals surface area (Å²) in [6, 6.07) is 0. The first-order valence-electron chi connectivity index (χ1n) is 10.9. The van der Waals surface area contributed by atoms with Gasteiger partial charge < -0.3 is 9.47 Å². The summed E-state index contributed by atoms with van der Waals surface area (Å²) < 4.78 is 10.5. The van der Waals surface area contributed by atoms with Crippen LogP contribution in [0.3, 0.4) is 0 Å². The lowest BCUT2D eigenvalue weighted by Crippen LogP contribution is -2.16. The molecule has 0 spiro atoms. The zero-order chi connectivity index (χ0) is 19.5. The van der Waals surface area contributed by atoms with Crippen LogP contribution < -0.4 is 0 Å². The van der Waals surface area contributed by atoms with Gasteiger partial charge in [-0.2, -0.15) is 0 Å². The highest BCUT2D eigenvalue weighted by atomic mass is 16.5. The van der Waals surface area contributed by atoms with E-state index in [0.717, 1.165) is 32.1 Å². The molecule has 0 N–H and O–H groups in total. The Balaban J connectivity index is 3.40. The van der Waals surface area contributed by atoms with Crippen molar-refractivity contribution in [2.45, 2.75) is 123 Å². The van der Waals surface area contributed by atoms with Crippen LogP contribution in [0.5, 0.6) is 0 Å². The molecule has 1 unspecified atom stereocenters. The van der Waals surface area contributed by atoms with Crippen molar-refractivity contribution in [1.82, 2.24) is 0 Å². The maximum Gasteiger partial charge on any atom is 0.306 e. The summed E-state index contributed by atoms with van der Waals surface area (Å²) in [4.78, 5) is 23.3. The van der Waals surface area contributed by atoms with E-state index < -0.39 is 0 Å². The fourth-order valence-corrected chi connectivity index (χ4v) is 2.89. The SMILES string of the molecule is CCCCCCCCCCCCOC(=O)CCC(=O)OC(C)CCCC. The minimum absolute atomic E-state index is 0.0647. The van der Waals surface area contributed by atoms with Gasteiger partial charge in [0.2, 0.25) is 0 Å². The van der Waals surface area contributed by atoms with Crippen molar-refractivity contribution < 1.29 is 19.1 Å². The summed E-state index contributed by atoms with van der Waals surface area (Å²) >= 11 is 0. The molecule has 4 heteroatoms. The average molecular weight is 371 g/mol. The Labute approximate surface area is 161 Å². The van der Waals surface area contributed by atoms with E-state index in [1.54, 1.807) is 0 Å². The molecule has 0 aliphatic carbocycles. The van der Waals surface area contributed by atoms with E-state index in [1.165, 1.54) is 51.4 Å². The molecule has 0 radical (unpaired) electrons. The van der Waals surface area contributed by atoms with Gasteiger partial charge in [-0.05, 0) is 19.8 Å². The maximum atomic E-state index is 11.7. The minimum Gasteiger partial charge on any atom is -0.466 e. The number of carbonyl (C=O) groups excluding carboxylic acids is 2. The largest absolute Gasteiger partial charge is 0.466 e. The summed E-state index contributed by atoms with van der Waals surface area (Å²) in [5, 5.41) is 0. The van der Waals surface area contributed by atoms with E-state index in [4.69, 9.17) is 9.47 Å². The number of ether oxygens (including phenoxy) is 2. The standard InChI is InChI=1S/C22H42O4/c1-4-6-8-9-10-11-12-13-14-15-19-25-21(23)17-18-22(24)26-20(3)16-7-5-2/h20H,4-19H2,1-3H3. The highest BCUT2D eigenvalue weighted by Crippen LogP contribution is 2.11. The number of hydrogen-bond acceptors (Lipinski definition) is 4. The van der Waals surface area contributed by atoms with E-state index in [1.807, 2.05) is 6.92 Å². The smallest absolute Gasteiger partial charge is 0.306 e. The number of carbonyl (C=O) groups is 2. The zero-order valence-electron chi connectivity index (χ0n) is 17.5. The van der Waals surface area contributed by atoms with Gasteiger partial charge in [0.05, 0.1) is 25.6 Å². The van der Waals surface area contributed by atoms with Gasteiger partial charge in [-0.3, -0.25) is 9.59 Å². The molecule has 0 aliphatic heterocycles. The lowest BCUT2D eigenvalue weighted by atomic mass is 10.1. The van der Waals surface area contributed by atoms with Gasteiger partial charge in [0.15, 0.2) is 0 Å². The molecule has 0 saturated heterocycles. The normalized spacial score (nSPS) is 12.0. The quantitative estimate of drug-likeness (QED) is 0.208. The van der Waals surface area contributed by atoms with Crippen LogP contribution in [-0.2, 0) is 19.1 Å². The second kappa shape index (κ2) is 18.7. The molecular formula is C22H42O4. The van der Waals surface area contributed by atoms with Crippen molar-refractivity contribution in [3.63, 3.8) is 0 Å². The Hall–Kier alpha value is -1.06. The van der Waals surface area contributed by atoms with Crippen molar-refractivity contribution in [3.05, 3.63) is 0 Å². The third-order valence-electron chi connectivity index (χ3n) is 4.59. The molecule has 0 aliphatic rings. The summed E-state index contributed by atoms with van der Waals surface area (Å²) in [6.45, 7) is 6.72. The number of rotatable bonds is 18. The molecule has 0 aromatic carbocycles. The Morgan fingerprint density at radius 3 is 1.77 bits per heavy atom. The monoisotopic (exact) mass is 370 g/mol. The number of hydrogen-bond donors (Lipinski definition) is 0. The lowest BCUT2D eigenvalue weighted by molar-refractivity contribution is -0.153. The second-order valence-corrected chi connectivity index (χ2v) is 7.35. The fourth-order valence-electron chi connectivity index (χ4n) is 2.89. The molecule has 0 aromatic rings. The fraction of sp³-hybridized carbons (Fsp3) is 0.909. The maximum absolute atomic E-state index is 11.7. The Kier molecular flexibility index (Phi) is 18.0.